The molecule has 0 radical (unpaired) electrons. The Balaban J connectivity index is 1.78. The largest absolute Gasteiger partial charge is 0.465 e. The number of esters is 1. The first-order chi connectivity index (χ1) is 13.8. The summed E-state index contributed by atoms with van der Waals surface area (Å²) in [5, 5.41) is 7.81. The summed E-state index contributed by atoms with van der Waals surface area (Å²) in [6.45, 7) is 1.84. The first-order valence-corrected chi connectivity index (χ1v) is 8.86. The smallest absolute Gasteiger partial charge is 0.416 e. The number of alkyl halides is 3. The number of amides is 2. The van der Waals surface area contributed by atoms with Crippen molar-refractivity contribution < 1.29 is 27.5 Å². The van der Waals surface area contributed by atoms with Gasteiger partial charge in [-0.05, 0) is 36.8 Å². The highest BCUT2D eigenvalue weighted by atomic mass is 19.4. The molecule has 6 nitrogen and oxygen atoms in total. The topological polar surface area (TPSA) is 71.0 Å². The Kier molecular flexibility index (Phi) is 5.86. The summed E-state index contributed by atoms with van der Waals surface area (Å²) in [5.41, 5.74) is 0.435. The van der Waals surface area contributed by atoms with Crippen molar-refractivity contribution in [1.82, 2.24) is 5.01 Å². The van der Waals surface area contributed by atoms with Gasteiger partial charge in [-0.3, -0.25) is 4.79 Å². The lowest BCUT2D eigenvalue weighted by atomic mass is 9.98. The summed E-state index contributed by atoms with van der Waals surface area (Å²) in [4.78, 5) is 24.9. The predicted octanol–water partition coefficient (Wildman–Crippen LogP) is 4.14. The van der Waals surface area contributed by atoms with Gasteiger partial charge >= 0.3 is 18.2 Å². The lowest BCUT2D eigenvalue weighted by molar-refractivity contribution is -0.145. The molecule has 3 rings (SSSR count). The molecular weight excluding hydrogens is 387 g/mol. The highest BCUT2D eigenvalue weighted by Crippen LogP contribution is 2.30. The summed E-state index contributed by atoms with van der Waals surface area (Å²) >= 11 is 0. The number of hydrogen-bond donors (Lipinski definition) is 1. The summed E-state index contributed by atoms with van der Waals surface area (Å²) in [6.07, 6.45) is -4.46. The van der Waals surface area contributed by atoms with Crippen LogP contribution in [-0.2, 0) is 15.7 Å². The van der Waals surface area contributed by atoms with Crippen molar-refractivity contribution >= 4 is 23.4 Å². The van der Waals surface area contributed by atoms with Gasteiger partial charge in [-0.1, -0.05) is 30.3 Å². The normalized spacial score (nSPS) is 16.3. The minimum atomic E-state index is -4.46. The van der Waals surface area contributed by atoms with Gasteiger partial charge in [0.15, 0.2) is 0 Å². The van der Waals surface area contributed by atoms with Gasteiger partial charge in [-0.2, -0.15) is 18.3 Å². The molecule has 2 aromatic carbocycles. The zero-order chi connectivity index (χ0) is 21.0. The fraction of sp³-hybridized carbons (Fsp3) is 0.250. The molecule has 1 aliphatic heterocycles. The van der Waals surface area contributed by atoms with E-state index in [-0.39, 0.29) is 18.8 Å². The fourth-order valence-corrected chi connectivity index (χ4v) is 2.86. The first-order valence-electron chi connectivity index (χ1n) is 8.86. The van der Waals surface area contributed by atoms with Gasteiger partial charge in [0.2, 0.25) is 0 Å². The number of carbonyl (C=O) groups is 2. The number of urea groups is 1. The third kappa shape index (κ3) is 4.74. The Morgan fingerprint density at radius 1 is 1.14 bits per heavy atom. The molecule has 0 fully saturated rings. The van der Waals surface area contributed by atoms with Crippen LogP contribution < -0.4 is 5.32 Å². The van der Waals surface area contributed by atoms with Crippen molar-refractivity contribution in [2.24, 2.45) is 11.0 Å². The lowest BCUT2D eigenvalue weighted by Crippen LogP contribution is -2.34. The Labute approximate surface area is 165 Å². The molecule has 0 bridgehead atoms. The molecular formula is C20H18F3N3O3. The molecule has 2 amide bonds. The number of hydrogen-bond acceptors (Lipinski definition) is 4. The average molecular weight is 405 g/mol. The molecule has 1 N–H and O–H groups in total. The summed E-state index contributed by atoms with van der Waals surface area (Å²) in [5.74, 6) is -1.25. The number of carbonyl (C=O) groups excluding carboxylic acids is 2. The number of nitrogens with zero attached hydrogens (tertiary/aromatic N) is 2. The zero-order valence-corrected chi connectivity index (χ0v) is 15.4. The second-order valence-corrected chi connectivity index (χ2v) is 6.24. The maximum Gasteiger partial charge on any atom is 0.416 e. The maximum atomic E-state index is 12.7. The van der Waals surface area contributed by atoms with Crippen molar-refractivity contribution in [2.45, 2.75) is 13.1 Å². The second-order valence-electron chi connectivity index (χ2n) is 6.24. The Morgan fingerprint density at radius 2 is 1.79 bits per heavy atom. The molecule has 1 aliphatic rings. The number of nitrogens with one attached hydrogen (secondary N) is 1. The van der Waals surface area contributed by atoms with Crippen molar-refractivity contribution in [3.8, 4) is 0 Å². The fourth-order valence-electron chi connectivity index (χ4n) is 2.86. The van der Waals surface area contributed by atoms with Crippen LogP contribution in [0.15, 0.2) is 59.7 Å². The second kappa shape index (κ2) is 8.34. The van der Waals surface area contributed by atoms with E-state index in [0.717, 1.165) is 29.3 Å². The zero-order valence-electron chi connectivity index (χ0n) is 15.4. The summed E-state index contributed by atoms with van der Waals surface area (Å²) in [7, 11) is 0. The van der Waals surface area contributed by atoms with E-state index in [1.807, 2.05) is 6.07 Å². The lowest BCUT2D eigenvalue weighted by Gasteiger charge is -2.15. The van der Waals surface area contributed by atoms with E-state index >= 15 is 0 Å². The molecule has 1 atom stereocenters. The number of benzene rings is 2. The Hall–Kier alpha value is -3.36. The van der Waals surface area contributed by atoms with Crippen LogP contribution in [0.3, 0.4) is 0 Å². The molecule has 9 heteroatoms. The van der Waals surface area contributed by atoms with Gasteiger partial charge in [0.25, 0.3) is 0 Å². The van der Waals surface area contributed by atoms with E-state index in [2.05, 4.69) is 10.4 Å². The van der Waals surface area contributed by atoms with Gasteiger partial charge < -0.3 is 10.1 Å². The molecule has 0 saturated heterocycles. The van der Waals surface area contributed by atoms with Crippen LogP contribution in [0.1, 0.15) is 18.1 Å². The van der Waals surface area contributed by atoms with E-state index in [1.165, 1.54) is 0 Å². The monoisotopic (exact) mass is 405 g/mol. The highest BCUT2D eigenvalue weighted by molar-refractivity contribution is 6.14. The standard InChI is InChI=1S/C20H18F3N3O3/c1-2-29-18(27)16-12-26(25-17(16)13-6-4-3-5-7-13)19(28)24-15-10-8-14(9-11-15)20(21,22)23/h3-11,16H,2,12H2,1H3,(H,24,28). The predicted molar refractivity (Wildman–Crippen MR) is 100 cm³/mol. The Bertz CT molecular complexity index is 912. The summed E-state index contributed by atoms with van der Waals surface area (Å²) in [6, 6.07) is 12.3. The van der Waals surface area contributed by atoms with Crippen LogP contribution >= 0.6 is 0 Å². The SMILES string of the molecule is CCOC(=O)C1CN(C(=O)Nc2ccc(C(F)(F)F)cc2)N=C1c1ccccc1. The van der Waals surface area contributed by atoms with E-state index in [4.69, 9.17) is 4.74 Å². The third-order valence-corrected chi connectivity index (χ3v) is 4.25. The van der Waals surface area contributed by atoms with Crippen LogP contribution in [0, 0.1) is 5.92 Å². The number of ether oxygens (including phenoxy) is 1. The van der Waals surface area contributed by atoms with Crippen LogP contribution in [0.5, 0.6) is 0 Å². The molecule has 1 heterocycles. The van der Waals surface area contributed by atoms with Gasteiger partial charge in [0, 0.05) is 5.69 Å². The van der Waals surface area contributed by atoms with Gasteiger partial charge in [-0.15, -0.1) is 0 Å². The molecule has 0 saturated carbocycles. The number of anilines is 1. The van der Waals surface area contributed by atoms with E-state index in [0.29, 0.717) is 11.3 Å². The minimum absolute atomic E-state index is 0.0322. The van der Waals surface area contributed by atoms with Gasteiger partial charge in [0.05, 0.1) is 24.4 Å². The van der Waals surface area contributed by atoms with Crippen molar-refractivity contribution in [3.05, 3.63) is 65.7 Å². The third-order valence-electron chi connectivity index (χ3n) is 4.25. The van der Waals surface area contributed by atoms with Crippen LogP contribution in [0.4, 0.5) is 23.7 Å². The van der Waals surface area contributed by atoms with Gasteiger partial charge in [0.1, 0.15) is 5.92 Å². The van der Waals surface area contributed by atoms with Crippen molar-refractivity contribution in [3.63, 3.8) is 0 Å². The maximum absolute atomic E-state index is 12.7. The van der Waals surface area contributed by atoms with E-state index in [1.54, 1.807) is 31.2 Å². The quantitative estimate of drug-likeness (QED) is 0.778. The first kappa shape index (κ1) is 20.4. The van der Waals surface area contributed by atoms with E-state index < -0.39 is 29.7 Å². The van der Waals surface area contributed by atoms with Crippen LogP contribution in [0.2, 0.25) is 0 Å². The number of rotatable bonds is 4. The van der Waals surface area contributed by atoms with E-state index in [9.17, 15) is 22.8 Å². The molecule has 29 heavy (non-hydrogen) atoms. The molecule has 0 aromatic heterocycles. The Morgan fingerprint density at radius 3 is 2.38 bits per heavy atom. The van der Waals surface area contributed by atoms with Crippen molar-refractivity contribution in [2.75, 3.05) is 18.5 Å². The minimum Gasteiger partial charge on any atom is -0.465 e. The molecule has 1 unspecified atom stereocenters. The van der Waals surface area contributed by atoms with Crippen molar-refractivity contribution in [1.29, 1.82) is 0 Å². The molecule has 0 aliphatic carbocycles. The van der Waals surface area contributed by atoms with Gasteiger partial charge in [-0.25, -0.2) is 9.80 Å². The average Bonchev–Trinajstić information content (AvgIpc) is 3.14. The molecule has 152 valence electrons. The molecule has 0 spiro atoms. The van der Waals surface area contributed by atoms with Crippen LogP contribution in [0.25, 0.3) is 0 Å². The summed E-state index contributed by atoms with van der Waals surface area (Å²) < 4.78 is 43.1. The number of halogens is 3. The molecule has 2 aromatic rings. The van der Waals surface area contributed by atoms with Crippen LogP contribution in [-0.4, -0.2) is 35.9 Å². The highest BCUT2D eigenvalue weighted by Gasteiger charge is 2.37. The number of hydrazone groups is 1.